The Morgan fingerprint density at radius 1 is 1.08 bits per heavy atom. The van der Waals surface area contributed by atoms with Crippen molar-refractivity contribution in [2.75, 3.05) is 5.32 Å². The van der Waals surface area contributed by atoms with Gasteiger partial charge in [0.05, 0.1) is 6.42 Å². The maximum atomic E-state index is 13.1. The molecule has 2 aromatic carbocycles. The standard InChI is InChI=1S/C20H22FN3O2/c1-12-8-13(2)19(14(3)9-12)22-18(25)10-15(4)23-24-20(26)16-6-5-7-17(21)11-16/h5-9,11H,10H2,1-4H3,(H,22,25)(H,24,26). The summed E-state index contributed by atoms with van der Waals surface area (Å²) in [6.07, 6.45) is 0.0379. The minimum atomic E-state index is -0.533. The van der Waals surface area contributed by atoms with Gasteiger partial charge in [0, 0.05) is 17.0 Å². The van der Waals surface area contributed by atoms with Crippen molar-refractivity contribution < 1.29 is 14.0 Å². The van der Waals surface area contributed by atoms with E-state index in [-0.39, 0.29) is 17.9 Å². The second-order valence-corrected chi connectivity index (χ2v) is 6.30. The van der Waals surface area contributed by atoms with E-state index in [1.54, 1.807) is 6.92 Å². The number of amides is 2. The summed E-state index contributed by atoms with van der Waals surface area (Å²) < 4.78 is 13.1. The van der Waals surface area contributed by atoms with Gasteiger partial charge in [0.1, 0.15) is 5.82 Å². The van der Waals surface area contributed by atoms with Crippen LogP contribution < -0.4 is 10.7 Å². The first-order valence-electron chi connectivity index (χ1n) is 8.23. The van der Waals surface area contributed by atoms with Crippen molar-refractivity contribution >= 4 is 23.2 Å². The number of anilines is 1. The second kappa shape index (κ2) is 8.38. The monoisotopic (exact) mass is 355 g/mol. The molecular weight excluding hydrogens is 333 g/mol. The lowest BCUT2D eigenvalue weighted by atomic mass is 10.0. The van der Waals surface area contributed by atoms with E-state index in [4.69, 9.17) is 0 Å². The predicted octanol–water partition coefficient (Wildman–Crippen LogP) is 3.89. The molecule has 136 valence electrons. The molecule has 0 aliphatic carbocycles. The van der Waals surface area contributed by atoms with Gasteiger partial charge in [-0.3, -0.25) is 9.59 Å². The van der Waals surface area contributed by atoms with Gasteiger partial charge < -0.3 is 5.32 Å². The Kier molecular flexibility index (Phi) is 6.22. The van der Waals surface area contributed by atoms with Crippen LogP contribution in [0.2, 0.25) is 0 Å². The number of carbonyl (C=O) groups excluding carboxylic acids is 2. The average molecular weight is 355 g/mol. The Bertz CT molecular complexity index is 852. The van der Waals surface area contributed by atoms with Crippen molar-refractivity contribution in [2.24, 2.45) is 5.10 Å². The topological polar surface area (TPSA) is 70.6 Å². The van der Waals surface area contributed by atoms with Gasteiger partial charge >= 0.3 is 0 Å². The number of benzene rings is 2. The number of nitrogens with zero attached hydrogens (tertiary/aromatic N) is 1. The molecule has 0 heterocycles. The van der Waals surface area contributed by atoms with Crippen LogP contribution in [-0.2, 0) is 4.79 Å². The highest BCUT2D eigenvalue weighted by Crippen LogP contribution is 2.22. The molecule has 0 aliphatic heterocycles. The molecule has 0 saturated heterocycles. The summed E-state index contributed by atoms with van der Waals surface area (Å²) in [6, 6.07) is 9.31. The van der Waals surface area contributed by atoms with Crippen LogP contribution in [0.4, 0.5) is 10.1 Å². The highest BCUT2D eigenvalue weighted by Gasteiger charge is 2.10. The Labute approximate surface area is 152 Å². The van der Waals surface area contributed by atoms with Gasteiger partial charge in [-0.05, 0) is 57.0 Å². The molecule has 0 aliphatic rings. The SMILES string of the molecule is CC(CC(=O)Nc1c(C)cc(C)cc1C)=NNC(=O)c1cccc(F)c1. The van der Waals surface area contributed by atoms with Crippen LogP contribution in [0.15, 0.2) is 41.5 Å². The van der Waals surface area contributed by atoms with Gasteiger partial charge in [-0.25, -0.2) is 9.82 Å². The molecule has 6 heteroatoms. The Morgan fingerprint density at radius 3 is 2.35 bits per heavy atom. The summed E-state index contributed by atoms with van der Waals surface area (Å²) in [7, 11) is 0. The molecule has 2 rings (SSSR count). The first-order valence-corrected chi connectivity index (χ1v) is 8.23. The molecule has 2 aromatic rings. The number of rotatable bonds is 5. The van der Waals surface area contributed by atoms with Gasteiger partial charge in [-0.15, -0.1) is 0 Å². The molecule has 26 heavy (non-hydrogen) atoms. The normalized spacial score (nSPS) is 11.2. The lowest BCUT2D eigenvalue weighted by Crippen LogP contribution is -2.22. The van der Waals surface area contributed by atoms with E-state index in [0.717, 1.165) is 28.4 Å². The molecule has 0 fully saturated rings. The number of hydrogen-bond donors (Lipinski definition) is 2. The Hall–Kier alpha value is -3.02. The minimum absolute atomic E-state index is 0.0379. The number of hydrogen-bond acceptors (Lipinski definition) is 3. The molecule has 0 aromatic heterocycles. The fourth-order valence-electron chi connectivity index (χ4n) is 2.67. The van der Waals surface area contributed by atoms with Crippen molar-refractivity contribution in [1.82, 2.24) is 5.43 Å². The van der Waals surface area contributed by atoms with Crippen LogP contribution in [0.3, 0.4) is 0 Å². The summed E-state index contributed by atoms with van der Waals surface area (Å²) >= 11 is 0. The summed E-state index contributed by atoms with van der Waals surface area (Å²) in [4.78, 5) is 24.1. The van der Waals surface area contributed by atoms with E-state index in [1.165, 1.54) is 18.2 Å². The largest absolute Gasteiger partial charge is 0.325 e. The number of carbonyl (C=O) groups is 2. The molecule has 5 nitrogen and oxygen atoms in total. The summed E-state index contributed by atoms with van der Waals surface area (Å²) in [5.41, 5.74) is 6.84. The molecule has 0 radical (unpaired) electrons. The summed E-state index contributed by atoms with van der Waals surface area (Å²) in [5, 5.41) is 6.79. The first kappa shape index (κ1) is 19.3. The van der Waals surface area contributed by atoms with E-state index in [2.05, 4.69) is 15.8 Å². The van der Waals surface area contributed by atoms with Crippen LogP contribution >= 0.6 is 0 Å². The predicted molar refractivity (Wildman–Crippen MR) is 101 cm³/mol. The lowest BCUT2D eigenvalue weighted by molar-refractivity contribution is -0.115. The molecular formula is C20H22FN3O2. The zero-order valence-corrected chi connectivity index (χ0v) is 15.3. The Balaban J connectivity index is 1.96. The maximum absolute atomic E-state index is 13.1. The lowest BCUT2D eigenvalue weighted by Gasteiger charge is -2.12. The fraction of sp³-hybridized carbons (Fsp3) is 0.250. The van der Waals surface area contributed by atoms with Crippen molar-refractivity contribution in [2.45, 2.75) is 34.1 Å². The van der Waals surface area contributed by atoms with Crippen LogP contribution in [0, 0.1) is 26.6 Å². The minimum Gasteiger partial charge on any atom is -0.325 e. The van der Waals surface area contributed by atoms with Gasteiger partial charge in [0.2, 0.25) is 5.91 Å². The molecule has 0 atom stereocenters. The number of hydrazone groups is 1. The summed E-state index contributed by atoms with van der Waals surface area (Å²) in [6.45, 7) is 7.52. The van der Waals surface area contributed by atoms with Crippen LogP contribution in [-0.4, -0.2) is 17.5 Å². The maximum Gasteiger partial charge on any atom is 0.271 e. The van der Waals surface area contributed by atoms with E-state index >= 15 is 0 Å². The average Bonchev–Trinajstić information content (AvgIpc) is 2.56. The third kappa shape index (κ3) is 5.24. The van der Waals surface area contributed by atoms with Gasteiger partial charge in [0.25, 0.3) is 5.91 Å². The zero-order chi connectivity index (χ0) is 19.3. The van der Waals surface area contributed by atoms with Gasteiger partial charge in [0.15, 0.2) is 0 Å². The Morgan fingerprint density at radius 2 is 1.73 bits per heavy atom. The molecule has 0 saturated carbocycles. The van der Waals surface area contributed by atoms with Gasteiger partial charge in [-0.1, -0.05) is 23.8 Å². The van der Waals surface area contributed by atoms with Crippen molar-refractivity contribution in [1.29, 1.82) is 0 Å². The number of halogens is 1. The highest BCUT2D eigenvalue weighted by molar-refractivity contribution is 6.06. The van der Waals surface area contributed by atoms with Crippen molar-refractivity contribution in [3.63, 3.8) is 0 Å². The third-order valence-corrected chi connectivity index (χ3v) is 3.79. The second-order valence-electron chi connectivity index (χ2n) is 6.30. The van der Waals surface area contributed by atoms with Crippen LogP contribution in [0.1, 0.15) is 40.4 Å². The highest BCUT2D eigenvalue weighted by atomic mass is 19.1. The van der Waals surface area contributed by atoms with Crippen LogP contribution in [0.5, 0.6) is 0 Å². The van der Waals surface area contributed by atoms with Crippen LogP contribution in [0.25, 0.3) is 0 Å². The zero-order valence-electron chi connectivity index (χ0n) is 15.3. The van der Waals surface area contributed by atoms with E-state index in [0.29, 0.717) is 5.71 Å². The van der Waals surface area contributed by atoms with Crippen molar-refractivity contribution in [3.05, 3.63) is 64.5 Å². The quantitative estimate of drug-likeness (QED) is 0.631. The molecule has 0 bridgehead atoms. The van der Waals surface area contributed by atoms with Crippen molar-refractivity contribution in [3.8, 4) is 0 Å². The molecule has 2 N–H and O–H groups in total. The van der Waals surface area contributed by atoms with E-state index < -0.39 is 11.7 Å². The fourth-order valence-corrected chi connectivity index (χ4v) is 2.67. The smallest absolute Gasteiger partial charge is 0.271 e. The van der Waals surface area contributed by atoms with E-state index in [9.17, 15) is 14.0 Å². The van der Waals surface area contributed by atoms with Gasteiger partial charge in [-0.2, -0.15) is 5.10 Å². The summed E-state index contributed by atoms with van der Waals surface area (Å²) in [5.74, 6) is -1.25. The molecule has 0 unspecified atom stereocenters. The number of nitrogens with one attached hydrogen (secondary N) is 2. The van der Waals surface area contributed by atoms with E-state index in [1.807, 2.05) is 32.9 Å². The third-order valence-electron chi connectivity index (χ3n) is 3.79. The first-order chi connectivity index (χ1) is 12.3. The molecule has 0 spiro atoms. The molecule has 2 amide bonds. The number of aryl methyl sites for hydroxylation is 3.